The zero-order chi connectivity index (χ0) is 34.6. The summed E-state index contributed by atoms with van der Waals surface area (Å²) in [5, 5.41) is 14.0. The van der Waals surface area contributed by atoms with Crippen LogP contribution in [0, 0.1) is 24.0 Å². The van der Waals surface area contributed by atoms with Gasteiger partial charge in [-0.05, 0) is 93.5 Å². The summed E-state index contributed by atoms with van der Waals surface area (Å²) in [6.45, 7) is 13.2. The van der Waals surface area contributed by atoms with E-state index in [4.69, 9.17) is 14.5 Å². The zero-order valence-corrected chi connectivity index (χ0v) is 28.4. The van der Waals surface area contributed by atoms with Gasteiger partial charge in [0.1, 0.15) is 11.6 Å². The number of anilines is 3. The fraction of sp³-hybridized carbons (Fsp3) is 0.395. The average Bonchev–Trinajstić information content (AvgIpc) is 3.02. The van der Waals surface area contributed by atoms with Crippen molar-refractivity contribution in [3.8, 4) is 16.9 Å². The van der Waals surface area contributed by atoms with E-state index in [1.165, 1.54) is 18.2 Å². The minimum absolute atomic E-state index is 0.0746. The van der Waals surface area contributed by atoms with Crippen LogP contribution in [0.3, 0.4) is 0 Å². The van der Waals surface area contributed by atoms with E-state index in [9.17, 15) is 14.3 Å². The summed E-state index contributed by atoms with van der Waals surface area (Å²) in [6, 6.07) is 14.5. The number of carbonyl (C=O) groups is 1. The molecule has 1 aliphatic heterocycles. The van der Waals surface area contributed by atoms with Gasteiger partial charge in [-0.2, -0.15) is 0 Å². The van der Waals surface area contributed by atoms with Crippen molar-refractivity contribution < 1.29 is 28.2 Å². The summed E-state index contributed by atoms with van der Waals surface area (Å²) in [4.78, 5) is 24.2. The topological polar surface area (TPSA) is 96.8 Å². The van der Waals surface area contributed by atoms with Crippen molar-refractivity contribution >= 4 is 23.2 Å². The molecule has 1 atom stereocenters. The van der Waals surface area contributed by atoms with Crippen LogP contribution in [0.25, 0.3) is 11.1 Å². The molecular weight excluding hydrogens is 614 g/mol. The molecule has 3 heterocycles. The number of carboxylic acids is 1. The van der Waals surface area contributed by atoms with Crippen LogP contribution in [0.15, 0.2) is 67.0 Å². The number of nitrogens with one attached hydrogen (secondary N) is 1. The Balaban J connectivity index is 1.65. The molecule has 10 heteroatoms. The molecule has 0 bridgehead atoms. The molecule has 254 valence electrons. The molecular formula is C38H44F2N4O4. The van der Waals surface area contributed by atoms with Gasteiger partial charge in [0.05, 0.1) is 17.9 Å². The van der Waals surface area contributed by atoms with Crippen LogP contribution >= 0.6 is 0 Å². The van der Waals surface area contributed by atoms with Gasteiger partial charge in [-0.1, -0.05) is 32.0 Å². The molecule has 0 saturated carbocycles. The fourth-order valence-electron chi connectivity index (χ4n) is 5.91. The van der Waals surface area contributed by atoms with Gasteiger partial charge in [-0.3, -0.25) is 4.98 Å². The van der Waals surface area contributed by atoms with Crippen LogP contribution in [0.1, 0.15) is 70.4 Å². The first kappa shape index (κ1) is 34.8. The van der Waals surface area contributed by atoms with Gasteiger partial charge in [-0.15, -0.1) is 0 Å². The van der Waals surface area contributed by atoms with E-state index in [0.717, 1.165) is 24.1 Å². The maximum absolute atomic E-state index is 15.9. The second-order valence-electron chi connectivity index (χ2n) is 14.0. The third kappa shape index (κ3) is 8.47. The van der Waals surface area contributed by atoms with Crippen LogP contribution in [0.2, 0.25) is 0 Å². The smallest absolute Gasteiger partial charge is 0.337 e. The Morgan fingerprint density at radius 2 is 1.71 bits per heavy atom. The number of carboxylic acid groups (broad SMARTS) is 1. The van der Waals surface area contributed by atoms with Crippen LogP contribution in [0.5, 0.6) is 5.75 Å². The van der Waals surface area contributed by atoms with Crippen LogP contribution in [0.4, 0.5) is 26.0 Å². The summed E-state index contributed by atoms with van der Waals surface area (Å²) >= 11 is 0. The number of aromatic nitrogens is 2. The first-order chi connectivity index (χ1) is 22.7. The number of ether oxygens (including phenoxy) is 2. The van der Waals surface area contributed by atoms with E-state index in [0.29, 0.717) is 53.4 Å². The number of nitrogens with zero attached hydrogens (tertiary/aromatic N) is 3. The monoisotopic (exact) mass is 658 g/mol. The van der Waals surface area contributed by atoms with Crippen molar-refractivity contribution in [3.63, 3.8) is 0 Å². The highest BCUT2D eigenvalue weighted by atomic mass is 19.1. The molecule has 0 spiro atoms. The first-order valence-corrected chi connectivity index (χ1v) is 16.2. The van der Waals surface area contributed by atoms with Gasteiger partial charge in [0, 0.05) is 54.4 Å². The fourth-order valence-corrected chi connectivity index (χ4v) is 5.91. The number of rotatable bonds is 11. The average molecular weight is 659 g/mol. The van der Waals surface area contributed by atoms with E-state index in [2.05, 4.69) is 29.0 Å². The van der Waals surface area contributed by atoms with E-state index in [1.54, 1.807) is 55.7 Å². The van der Waals surface area contributed by atoms with Crippen molar-refractivity contribution in [2.75, 3.05) is 29.9 Å². The molecule has 1 aliphatic rings. The third-order valence-corrected chi connectivity index (χ3v) is 8.51. The highest BCUT2D eigenvalue weighted by Crippen LogP contribution is 2.47. The number of halogens is 2. The van der Waals surface area contributed by atoms with E-state index in [1.807, 2.05) is 20.8 Å². The number of pyridine rings is 2. The van der Waals surface area contributed by atoms with Crippen molar-refractivity contribution in [2.45, 2.75) is 72.5 Å². The SMILES string of the molecule is Cc1nc(Nc2ccncc2)c(-c2ccc(OCCc3ccc(F)cc3)c(F)c2)c(N2CCC(C)(C)CC2)c1C(OC(C)(C)C)C(=O)O. The third-order valence-electron chi connectivity index (χ3n) is 8.51. The van der Waals surface area contributed by atoms with Gasteiger partial charge < -0.3 is 24.8 Å². The van der Waals surface area contributed by atoms with Crippen molar-refractivity contribution in [1.29, 1.82) is 0 Å². The van der Waals surface area contributed by atoms with Crippen molar-refractivity contribution in [3.05, 3.63) is 95.4 Å². The molecule has 48 heavy (non-hydrogen) atoms. The number of benzene rings is 2. The van der Waals surface area contributed by atoms with Gasteiger partial charge in [0.2, 0.25) is 0 Å². The lowest BCUT2D eigenvalue weighted by Crippen LogP contribution is -2.39. The highest BCUT2D eigenvalue weighted by Gasteiger charge is 2.37. The van der Waals surface area contributed by atoms with Gasteiger partial charge in [0.15, 0.2) is 17.7 Å². The Labute approximate surface area is 281 Å². The molecule has 5 rings (SSSR count). The molecule has 2 N–H and O–H groups in total. The van der Waals surface area contributed by atoms with E-state index >= 15 is 4.39 Å². The molecule has 1 saturated heterocycles. The normalized spacial score (nSPS) is 15.2. The van der Waals surface area contributed by atoms with Gasteiger partial charge in [0.25, 0.3) is 0 Å². The van der Waals surface area contributed by atoms with Crippen LogP contribution in [-0.2, 0) is 16.0 Å². The lowest BCUT2D eigenvalue weighted by atomic mass is 9.82. The molecule has 8 nitrogen and oxygen atoms in total. The maximum Gasteiger partial charge on any atom is 0.337 e. The van der Waals surface area contributed by atoms with Crippen LogP contribution < -0.4 is 15.0 Å². The zero-order valence-electron chi connectivity index (χ0n) is 28.4. The first-order valence-electron chi connectivity index (χ1n) is 16.2. The molecule has 0 aliphatic carbocycles. The minimum Gasteiger partial charge on any atom is -0.490 e. The van der Waals surface area contributed by atoms with Crippen molar-refractivity contribution in [2.24, 2.45) is 5.41 Å². The molecule has 2 aromatic carbocycles. The summed E-state index contributed by atoms with van der Waals surface area (Å²) in [5.41, 5.74) is 3.58. The van der Waals surface area contributed by atoms with Crippen LogP contribution in [-0.4, -0.2) is 46.3 Å². The lowest BCUT2D eigenvalue weighted by molar-refractivity contribution is -0.160. The largest absolute Gasteiger partial charge is 0.490 e. The van der Waals surface area contributed by atoms with Gasteiger partial charge in [-0.25, -0.2) is 18.6 Å². The van der Waals surface area contributed by atoms with E-state index < -0.39 is 23.5 Å². The number of piperidine rings is 1. The molecule has 1 fully saturated rings. The Bertz CT molecular complexity index is 1730. The Kier molecular flexibility index (Phi) is 10.3. The molecule has 0 amide bonds. The molecule has 4 aromatic rings. The second kappa shape index (κ2) is 14.3. The standard InChI is InChI=1S/C38H44F2N4O4/c1-24-31(34(36(45)46)48-37(2,3)4)33(44-20-16-38(5,6)17-21-44)32(35(42-24)43-28-13-18-41-19-14-28)26-9-12-30(29(40)23-26)47-22-15-25-7-10-27(39)11-8-25/h7-14,18-19,23,34H,15-17,20-22H2,1-6H3,(H,45,46)(H,41,42,43). The predicted molar refractivity (Wildman–Crippen MR) is 184 cm³/mol. The Morgan fingerprint density at radius 1 is 1.04 bits per heavy atom. The quantitative estimate of drug-likeness (QED) is 0.165. The molecule has 0 radical (unpaired) electrons. The predicted octanol–water partition coefficient (Wildman–Crippen LogP) is 8.66. The number of aryl methyl sites for hydroxylation is 1. The highest BCUT2D eigenvalue weighted by molar-refractivity contribution is 5.93. The van der Waals surface area contributed by atoms with Gasteiger partial charge >= 0.3 is 5.97 Å². The van der Waals surface area contributed by atoms with Crippen molar-refractivity contribution in [1.82, 2.24) is 9.97 Å². The summed E-state index contributed by atoms with van der Waals surface area (Å²) in [7, 11) is 0. The maximum atomic E-state index is 15.9. The Morgan fingerprint density at radius 3 is 2.31 bits per heavy atom. The molecule has 2 aromatic heterocycles. The number of hydrogen-bond donors (Lipinski definition) is 2. The summed E-state index contributed by atoms with van der Waals surface area (Å²) in [6.07, 6.45) is 4.24. The number of aliphatic carboxylic acids is 1. The number of hydrogen-bond acceptors (Lipinski definition) is 7. The Hall–Kier alpha value is -4.57. The summed E-state index contributed by atoms with van der Waals surface area (Å²) < 4.78 is 41.2. The second-order valence-corrected chi connectivity index (χ2v) is 14.0. The van der Waals surface area contributed by atoms with E-state index in [-0.39, 0.29) is 23.6 Å². The minimum atomic E-state index is -1.32. The molecule has 1 unspecified atom stereocenters. The lowest BCUT2D eigenvalue weighted by Gasteiger charge is -2.41. The summed E-state index contributed by atoms with van der Waals surface area (Å²) in [5.74, 6) is -1.50.